The number of aromatic nitrogens is 3. The second-order valence-corrected chi connectivity index (χ2v) is 10.9. The number of hydrogen-bond acceptors (Lipinski definition) is 3. The molecule has 0 radical (unpaired) electrons. The summed E-state index contributed by atoms with van der Waals surface area (Å²) in [5, 5.41) is 7.86. The van der Waals surface area contributed by atoms with Crippen LogP contribution in [-0.4, -0.2) is 20.7 Å². The van der Waals surface area contributed by atoms with Gasteiger partial charge in [-0.3, -0.25) is 14.5 Å². The molecule has 5 nitrogen and oxygen atoms in total. The van der Waals surface area contributed by atoms with Crippen molar-refractivity contribution in [2.45, 2.75) is 63.8 Å². The number of nitrogens with zero attached hydrogens (tertiary/aromatic N) is 3. The number of aryl methyl sites for hydroxylation is 3. The first kappa shape index (κ1) is 20.6. The zero-order chi connectivity index (χ0) is 22.5. The molecule has 4 saturated carbocycles. The molecule has 33 heavy (non-hydrogen) atoms. The fourth-order valence-electron chi connectivity index (χ4n) is 7.37. The molecule has 3 aromatic rings. The number of pyridine rings is 1. The molecule has 5 heteroatoms. The van der Waals surface area contributed by atoms with Crippen molar-refractivity contribution in [1.29, 1.82) is 0 Å². The molecular formula is C28H32N4O. The molecular weight excluding hydrogens is 408 g/mol. The zero-order valence-corrected chi connectivity index (χ0v) is 19.3. The Balaban J connectivity index is 1.18. The number of carbonyl (C=O) groups excluding carboxylic acids is 1. The predicted octanol–water partition coefficient (Wildman–Crippen LogP) is 5.31. The van der Waals surface area contributed by atoms with E-state index in [1.807, 2.05) is 41.5 Å². The van der Waals surface area contributed by atoms with Gasteiger partial charge in [-0.2, -0.15) is 5.10 Å². The highest BCUT2D eigenvalue weighted by Gasteiger charge is 2.60. The van der Waals surface area contributed by atoms with Crippen LogP contribution in [0.4, 0.5) is 5.82 Å². The Morgan fingerprint density at radius 3 is 2.48 bits per heavy atom. The minimum absolute atomic E-state index is 0.166. The summed E-state index contributed by atoms with van der Waals surface area (Å²) < 4.78 is 1.92. The van der Waals surface area contributed by atoms with Crippen LogP contribution in [-0.2, 0) is 23.2 Å². The summed E-state index contributed by atoms with van der Waals surface area (Å²) >= 11 is 0. The lowest BCUT2D eigenvalue weighted by atomic mass is 9.42. The summed E-state index contributed by atoms with van der Waals surface area (Å²) in [5.74, 6) is 2.19. The molecule has 0 saturated heterocycles. The molecule has 2 aromatic heterocycles. The molecule has 0 aliphatic heterocycles. The maximum Gasteiger partial charge on any atom is 0.231 e. The molecule has 4 bridgehead atoms. The van der Waals surface area contributed by atoms with E-state index in [0.29, 0.717) is 17.7 Å². The minimum Gasteiger partial charge on any atom is -0.309 e. The van der Waals surface area contributed by atoms with Gasteiger partial charge in [-0.05, 0) is 92.4 Å². The highest BCUT2D eigenvalue weighted by Crippen LogP contribution is 2.66. The number of amides is 1. The normalized spacial score (nSPS) is 29.8. The molecule has 1 N–H and O–H groups in total. The van der Waals surface area contributed by atoms with E-state index in [9.17, 15) is 4.79 Å². The Labute approximate surface area is 195 Å². The van der Waals surface area contributed by atoms with Crippen LogP contribution in [0.1, 0.15) is 55.2 Å². The number of nitrogens with one attached hydrogen (secondary N) is 1. The monoisotopic (exact) mass is 440 g/mol. The lowest BCUT2D eigenvalue weighted by Gasteiger charge is -2.61. The van der Waals surface area contributed by atoms with Crippen molar-refractivity contribution in [3.63, 3.8) is 0 Å². The van der Waals surface area contributed by atoms with Crippen LogP contribution in [0.15, 0.2) is 61.1 Å². The Morgan fingerprint density at radius 1 is 1.03 bits per heavy atom. The van der Waals surface area contributed by atoms with Gasteiger partial charge in [0.15, 0.2) is 5.82 Å². The van der Waals surface area contributed by atoms with Gasteiger partial charge in [-0.25, -0.2) is 0 Å². The van der Waals surface area contributed by atoms with Crippen molar-refractivity contribution in [3.05, 3.63) is 77.7 Å². The van der Waals surface area contributed by atoms with Gasteiger partial charge < -0.3 is 5.32 Å². The molecule has 4 aliphatic rings. The third-order valence-electron chi connectivity index (χ3n) is 8.47. The van der Waals surface area contributed by atoms with Crippen LogP contribution in [0.3, 0.4) is 0 Å². The molecule has 4 aliphatic carbocycles. The topological polar surface area (TPSA) is 59.8 Å². The largest absolute Gasteiger partial charge is 0.309 e. The summed E-state index contributed by atoms with van der Waals surface area (Å²) in [6, 6.07) is 15.1. The van der Waals surface area contributed by atoms with Crippen LogP contribution in [0.5, 0.6) is 0 Å². The van der Waals surface area contributed by atoms with Gasteiger partial charge in [0, 0.05) is 31.2 Å². The summed E-state index contributed by atoms with van der Waals surface area (Å²) in [4.78, 5) is 17.8. The van der Waals surface area contributed by atoms with Crippen LogP contribution in [0.25, 0.3) is 0 Å². The van der Waals surface area contributed by atoms with E-state index in [4.69, 9.17) is 0 Å². The lowest BCUT2D eigenvalue weighted by Crippen LogP contribution is -2.58. The molecule has 2 unspecified atom stereocenters. The average molecular weight is 441 g/mol. The van der Waals surface area contributed by atoms with Gasteiger partial charge in [-0.1, -0.05) is 29.8 Å². The standard InChI is InChI=1S/C28H32N4O/c1-20-2-4-24(5-3-20)27-15-22-14-23(16-27)18-28(17-22,19-27)26(33)30-25-9-13-32(31-25)12-8-21-6-10-29-11-7-21/h2-7,9-11,13,22-23H,8,12,14-19H2,1H3,(H,30,31,33). The minimum atomic E-state index is -0.254. The van der Waals surface area contributed by atoms with E-state index in [0.717, 1.165) is 32.2 Å². The van der Waals surface area contributed by atoms with Crippen LogP contribution in [0.2, 0.25) is 0 Å². The smallest absolute Gasteiger partial charge is 0.231 e. The van der Waals surface area contributed by atoms with Crippen molar-refractivity contribution >= 4 is 11.7 Å². The molecule has 0 spiro atoms. The first-order valence-electron chi connectivity index (χ1n) is 12.3. The Hall–Kier alpha value is -2.95. The highest BCUT2D eigenvalue weighted by molar-refractivity contribution is 5.95. The first-order valence-corrected chi connectivity index (χ1v) is 12.3. The van der Waals surface area contributed by atoms with Crippen LogP contribution < -0.4 is 5.32 Å². The van der Waals surface area contributed by atoms with E-state index in [2.05, 4.69) is 46.6 Å². The van der Waals surface area contributed by atoms with Gasteiger partial charge in [0.05, 0.1) is 5.41 Å². The van der Waals surface area contributed by atoms with Crippen molar-refractivity contribution in [2.75, 3.05) is 5.32 Å². The summed E-state index contributed by atoms with van der Waals surface area (Å²) in [5.41, 5.74) is 3.89. The van der Waals surface area contributed by atoms with E-state index in [-0.39, 0.29) is 16.7 Å². The average Bonchev–Trinajstić information content (AvgIpc) is 3.25. The van der Waals surface area contributed by atoms with Crippen LogP contribution >= 0.6 is 0 Å². The zero-order valence-electron chi connectivity index (χ0n) is 19.3. The maximum atomic E-state index is 13.7. The van der Waals surface area contributed by atoms with Crippen molar-refractivity contribution < 1.29 is 4.79 Å². The number of benzene rings is 1. The van der Waals surface area contributed by atoms with Crippen molar-refractivity contribution in [2.24, 2.45) is 17.3 Å². The van der Waals surface area contributed by atoms with E-state index >= 15 is 0 Å². The molecule has 7 rings (SSSR count). The van der Waals surface area contributed by atoms with Gasteiger partial charge in [0.25, 0.3) is 0 Å². The third kappa shape index (κ3) is 3.77. The highest BCUT2D eigenvalue weighted by atomic mass is 16.2. The molecule has 1 amide bonds. The summed E-state index contributed by atoms with van der Waals surface area (Å²) in [6.07, 6.45) is 13.3. The molecule has 2 heterocycles. The van der Waals surface area contributed by atoms with E-state index in [1.165, 1.54) is 36.0 Å². The van der Waals surface area contributed by atoms with Gasteiger partial charge in [0.1, 0.15) is 0 Å². The van der Waals surface area contributed by atoms with Gasteiger partial charge in [0.2, 0.25) is 5.91 Å². The molecule has 1 aromatic carbocycles. The van der Waals surface area contributed by atoms with Crippen molar-refractivity contribution in [1.82, 2.24) is 14.8 Å². The fourth-order valence-corrected chi connectivity index (χ4v) is 7.37. The van der Waals surface area contributed by atoms with Gasteiger partial charge in [-0.15, -0.1) is 0 Å². The quantitative estimate of drug-likeness (QED) is 0.565. The fraction of sp³-hybridized carbons (Fsp3) is 0.464. The number of hydrogen-bond donors (Lipinski definition) is 1. The van der Waals surface area contributed by atoms with Crippen molar-refractivity contribution in [3.8, 4) is 0 Å². The Morgan fingerprint density at radius 2 is 1.76 bits per heavy atom. The lowest BCUT2D eigenvalue weighted by molar-refractivity contribution is -0.143. The summed E-state index contributed by atoms with van der Waals surface area (Å²) in [7, 11) is 0. The Kier molecular flexibility index (Phi) is 4.89. The van der Waals surface area contributed by atoms with Crippen LogP contribution in [0, 0.1) is 24.2 Å². The maximum absolute atomic E-state index is 13.7. The third-order valence-corrected chi connectivity index (χ3v) is 8.47. The molecule has 170 valence electrons. The SMILES string of the molecule is Cc1ccc(C23CC4CC(CC(C(=O)Nc5ccn(CCc6ccncc6)n5)(C4)C2)C3)cc1. The molecule has 2 atom stereocenters. The second kappa shape index (κ2) is 7.82. The van der Waals surface area contributed by atoms with Gasteiger partial charge >= 0.3 is 0 Å². The first-order chi connectivity index (χ1) is 16.0. The predicted molar refractivity (Wildman–Crippen MR) is 129 cm³/mol. The Bertz CT molecular complexity index is 1140. The molecule has 4 fully saturated rings. The van der Waals surface area contributed by atoms with E-state index in [1.54, 1.807) is 0 Å². The number of rotatable bonds is 6. The second-order valence-electron chi connectivity index (χ2n) is 10.9. The van der Waals surface area contributed by atoms with E-state index < -0.39 is 0 Å². The number of carbonyl (C=O) groups is 1. The summed E-state index contributed by atoms with van der Waals surface area (Å²) in [6.45, 7) is 2.93. The number of anilines is 1.